The normalized spacial score (nSPS) is 33.8. The number of rotatable bonds is 5. The Morgan fingerprint density at radius 1 is 1.43 bits per heavy atom. The molecule has 2 heterocycles. The predicted molar refractivity (Wildman–Crippen MR) is 83.7 cm³/mol. The molecule has 3 rings (SSSR count). The van der Waals surface area contributed by atoms with Crippen molar-refractivity contribution in [3.8, 4) is 0 Å². The van der Waals surface area contributed by atoms with E-state index in [1.807, 2.05) is 18.3 Å². The van der Waals surface area contributed by atoms with Crippen LogP contribution in [0.1, 0.15) is 32.9 Å². The number of likely N-dealkylation sites (N-methyl/N-ethyl adjacent to an activating group) is 1. The van der Waals surface area contributed by atoms with Gasteiger partial charge in [0.25, 0.3) is 0 Å². The lowest BCUT2D eigenvalue weighted by Gasteiger charge is -2.63. The predicted octanol–water partition coefficient (Wildman–Crippen LogP) is 2.05. The first-order valence-electron chi connectivity index (χ1n) is 8.02. The Morgan fingerprint density at radius 3 is 2.90 bits per heavy atom. The summed E-state index contributed by atoms with van der Waals surface area (Å²) in [6.45, 7) is 10.3. The zero-order chi connectivity index (χ0) is 15.1. The van der Waals surface area contributed by atoms with Crippen LogP contribution in [-0.2, 0) is 11.3 Å². The van der Waals surface area contributed by atoms with Gasteiger partial charge in [-0.05, 0) is 25.1 Å². The Hall–Kier alpha value is -0.970. The fourth-order valence-electron chi connectivity index (χ4n) is 4.17. The first-order chi connectivity index (χ1) is 9.99. The van der Waals surface area contributed by atoms with E-state index in [9.17, 15) is 0 Å². The Morgan fingerprint density at radius 2 is 2.24 bits per heavy atom. The molecule has 0 aromatic carbocycles. The zero-order valence-electron chi connectivity index (χ0n) is 13.4. The molecule has 0 bridgehead atoms. The minimum absolute atomic E-state index is 0.0473. The largest absolute Gasteiger partial charge is 0.377 e. The summed E-state index contributed by atoms with van der Waals surface area (Å²) in [5.74, 6) is 0.505. The highest BCUT2D eigenvalue weighted by Crippen LogP contribution is 2.58. The van der Waals surface area contributed by atoms with Crippen LogP contribution in [0.4, 0.5) is 0 Å². The van der Waals surface area contributed by atoms with Gasteiger partial charge in [-0.25, -0.2) is 0 Å². The molecule has 1 saturated carbocycles. The highest BCUT2D eigenvalue weighted by molar-refractivity contribution is 5.21. The van der Waals surface area contributed by atoms with E-state index in [1.54, 1.807) is 0 Å². The molecular weight excluding hydrogens is 262 g/mol. The van der Waals surface area contributed by atoms with Gasteiger partial charge in [0.05, 0.1) is 11.8 Å². The van der Waals surface area contributed by atoms with Crippen LogP contribution in [0.5, 0.6) is 0 Å². The van der Waals surface area contributed by atoms with E-state index >= 15 is 0 Å². The van der Waals surface area contributed by atoms with Crippen LogP contribution in [-0.4, -0.2) is 41.2 Å². The molecule has 1 aliphatic carbocycles. The molecule has 116 valence electrons. The van der Waals surface area contributed by atoms with Crippen molar-refractivity contribution < 1.29 is 4.74 Å². The summed E-state index contributed by atoms with van der Waals surface area (Å²) in [5, 5.41) is 0. The molecule has 1 aliphatic heterocycles. The topological polar surface area (TPSA) is 51.4 Å². The molecule has 1 saturated heterocycles. The number of hydrogen-bond acceptors (Lipinski definition) is 4. The van der Waals surface area contributed by atoms with Crippen molar-refractivity contribution in [2.75, 3.05) is 19.7 Å². The number of fused-ring (bicyclic) bond motifs is 1. The number of nitrogens with zero attached hydrogens (tertiary/aromatic N) is 2. The fourth-order valence-corrected chi connectivity index (χ4v) is 4.17. The monoisotopic (exact) mass is 289 g/mol. The summed E-state index contributed by atoms with van der Waals surface area (Å²) in [4.78, 5) is 6.85. The maximum absolute atomic E-state index is 6.85. The van der Waals surface area contributed by atoms with Crippen molar-refractivity contribution in [3.05, 3.63) is 30.1 Å². The number of pyridine rings is 1. The highest BCUT2D eigenvalue weighted by Gasteiger charge is 2.67. The molecule has 4 nitrogen and oxygen atoms in total. The second-order valence-corrected chi connectivity index (χ2v) is 7.07. The van der Waals surface area contributed by atoms with Gasteiger partial charge in [0.1, 0.15) is 0 Å². The minimum atomic E-state index is -0.154. The summed E-state index contributed by atoms with van der Waals surface area (Å²) in [6, 6.07) is 6.08. The molecule has 0 amide bonds. The first kappa shape index (κ1) is 14.9. The molecular formula is C17H27N3O. The van der Waals surface area contributed by atoms with Crippen molar-refractivity contribution in [2.24, 2.45) is 17.1 Å². The van der Waals surface area contributed by atoms with Gasteiger partial charge in [-0.2, -0.15) is 0 Å². The summed E-state index contributed by atoms with van der Waals surface area (Å²) in [7, 11) is 0. The van der Waals surface area contributed by atoms with Crippen LogP contribution in [0.25, 0.3) is 0 Å². The van der Waals surface area contributed by atoms with Crippen molar-refractivity contribution in [1.82, 2.24) is 9.88 Å². The molecule has 4 heteroatoms. The van der Waals surface area contributed by atoms with E-state index in [2.05, 4.69) is 36.7 Å². The lowest BCUT2D eigenvalue weighted by Crippen LogP contribution is -2.78. The van der Waals surface area contributed by atoms with Crippen molar-refractivity contribution in [3.63, 3.8) is 0 Å². The molecule has 3 unspecified atom stereocenters. The maximum atomic E-state index is 6.85. The second-order valence-electron chi connectivity index (χ2n) is 7.07. The van der Waals surface area contributed by atoms with Gasteiger partial charge in [0, 0.05) is 42.8 Å². The highest BCUT2D eigenvalue weighted by atomic mass is 16.5. The van der Waals surface area contributed by atoms with Crippen LogP contribution >= 0.6 is 0 Å². The Labute approximate surface area is 127 Å². The molecule has 2 fully saturated rings. The van der Waals surface area contributed by atoms with Crippen molar-refractivity contribution in [2.45, 2.75) is 45.4 Å². The minimum Gasteiger partial charge on any atom is -0.377 e. The molecule has 1 aromatic heterocycles. The molecule has 21 heavy (non-hydrogen) atoms. The van der Waals surface area contributed by atoms with Crippen LogP contribution in [0.15, 0.2) is 24.4 Å². The second kappa shape index (κ2) is 5.34. The third-order valence-corrected chi connectivity index (χ3v) is 5.71. The van der Waals surface area contributed by atoms with E-state index in [0.717, 1.165) is 38.4 Å². The SMILES string of the molecule is CCN(Cc1ccccn1)CC1(N)C2CCOC2C1(C)C. The van der Waals surface area contributed by atoms with E-state index in [1.165, 1.54) is 0 Å². The van der Waals surface area contributed by atoms with Gasteiger partial charge in [0.2, 0.25) is 0 Å². The third-order valence-electron chi connectivity index (χ3n) is 5.71. The molecule has 2 aliphatic rings. The Kier molecular flexibility index (Phi) is 3.80. The number of hydrogen-bond donors (Lipinski definition) is 1. The smallest absolute Gasteiger partial charge is 0.0691 e. The van der Waals surface area contributed by atoms with Crippen LogP contribution < -0.4 is 5.73 Å². The van der Waals surface area contributed by atoms with Crippen molar-refractivity contribution in [1.29, 1.82) is 0 Å². The van der Waals surface area contributed by atoms with Gasteiger partial charge in [-0.3, -0.25) is 9.88 Å². The third kappa shape index (κ3) is 2.30. The standard InChI is InChI=1S/C17H27N3O/c1-4-20(11-13-7-5-6-9-19-13)12-17(18)14-8-10-21-15(14)16(17,2)3/h5-7,9,14-15H,4,8,10-12,18H2,1-3H3. The van der Waals surface area contributed by atoms with E-state index < -0.39 is 0 Å². The fraction of sp³-hybridized carbons (Fsp3) is 0.706. The Bertz CT molecular complexity index is 490. The van der Waals surface area contributed by atoms with E-state index in [0.29, 0.717) is 12.0 Å². The number of aromatic nitrogens is 1. The van der Waals surface area contributed by atoms with Gasteiger partial charge in [0.15, 0.2) is 0 Å². The van der Waals surface area contributed by atoms with E-state index in [-0.39, 0.29) is 11.0 Å². The molecule has 0 radical (unpaired) electrons. The van der Waals surface area contributed by atoms with Crippen LogP contribution in [0, 0.1) is 11.3 Å². The van der Waals surface area contributed by atoms with Crippen LogP contribution in [0.3, 0.4) is 0 Å². The van der Waals surface area contributed by atoms with Gasteiger partial charge in [-0.1, -0.05) is 26.8 Å². The van der Waals surface area contributed by atoms with E-state index in [4.69, 9.17) is 10.5 Å². The molecule has 3 atom stereocenters. The van der Waals surface area contributed by atoms with Gasteiger partial charge >= 0.3 is 0 Å². The van der Waals surface area contributed by atoms with Gasteiger partial charge in [-0.15, -0.1) is 0 Å². The lowest BCUT2D eigenvalue weighted by molar-refractivity contribution is -0.163. The summed E-state index contributed by atoms with van der Waals surface area (Å²) in [6.07, 6.45) is 3.30. The average Bonchev–Trinajstić information content (AvgIpc) is 2.96. The van der Waals surface area contributed by atoms with Crippen molar-refractivity contribution >= 4 is 0 Å². The van der Waals surface area contributed by atoms with Crippen LogP contribution in [0.2, 0.25) is 0 Å². The quantitative estimate of drug-likeness (QED) is 0.901. The number of ether oxygens (including phenoxy) is 1. The summed E-state index contributed by atoms with van der Waals surface area (Å²) in [5.41, 5.74) is 7.86. The molecule has 1 aromatic rings. The first-order valence-corrected chi connectivity index (χ1v) is 8.02. The Balaban J connectivity index is 1.72. The van der Waals surface area contributed by atoms with Gasteiger partial charge < -0.3 is 10.5 Å². The summed E-state index contributed by atoms with van der Waals surface area (Å²) < 4.78 is 5.89. The average molecular weight is 289 g/mol. The maximum Gasteiger partial charge on any atom is 0.0691 e. The zero-order valence-corrected chi connectivity index (χ0v) is 13.4. The molecule has 2 N–H and O–H groups in total. The lowest BCUT2D eigenvalue weighted by atomic mass is 9.48. The molecule has 0 spiro atoms. The summed E-state index contributed by atoms with van der Waals surface area (Å²) >= 11 is 0. The number of nitrogens with two attached hydrogens (primary N) is 1.